The third-order valence-corrected chi connectivity index (χ3v) is 5.87. The van der Waals surface area contributed by atoms with E-state index in [-0.39, 0.29) is 11.3 Å². The molecule has 6 nitrogen and oxygen atoms in total. The maximum Gasteiger partial charge on any atom is 0.343 e. The first-order valence-corrected chi connectivity index (χ1v) is 10.4. The summed E-state index contributed by atoms with van der Waals surface area (Å²) in [6, 6.07) is 16.4. The number of oxime groups is 1. The van der Waals surface area contributed by atoms with Crippen LogP contribution in [0.5, 0.6) is 5.75 Å². The molecule has 6 heteroatoms. The van der Waals surface area contributed by atoms with Crippen molar-refractivity contribution in [2.45, 2.75) is 31.6 Å². The van der Waals surface area contributed by atoms with E-state index in [9.17, 15) is 15.1 Å². The van der Waals surface area contributed by atoms with Gasteiger partial charge in [0.1, 0.15) is 11.3 Å². The fourth-order valence-electron chi connectivity index (χ4n) is 4.25. The van der Waals surface area contributed by atoms with Gasteiger partial charge in [0, 0.05) is 25.3 Å². The van der Waals surface area contributed by atoms with Gasteiger partial charge in [-0.1, -0.05) is 47.6 Å². The van der Waals surface area contributed by atoms with Gasteiger partial charge in [0.2, 0.25) is 0 Å². The molecule has 0 aliphatic carbocycles. The van der Waals surface area contributed by atoms with E-state index >= 15 is 0 Å². The van der Waals surface area contributed by atoms with Crippen LogP contribution in [-0.2, 0) is 0 Å². The molecule has 0 bridgehead atoms. The number of fused-ring (bicyclic) bond motifs is 1. The summed E-state index contributed by atoms with van der Waals surface area (Å²) in [5.74, 6) is -0.552. The Morgan fingerprint density at radius 1 is 1.07 bits per heavy atom. The van der Waals surface area contributed by atoms with Crippen LogP contribution in [0.2, 0.25) is 0 Å². The molecule has 156 valence electrons. The number of nitrogens with zero attached hydrogens (tertiary/aromatic N) is 2. The van der Waals surface area contributed by atoms with Gasteiger partial charge in [0.15, 0.2) is 0 Å². The van der Waals surface area contributed by atoms with Crippen LogP contribution in [0.4, 0.5) is 0 Å². The smallest absolute Gasteiger partial charge is 0.343 e. The van der Waals surface area contributed by atoms with Crippen LogP contribution in [0.25, 0.3) is 11.0 Å². The van der Waals surface area contributed by atoms with Crippen molar-refractivity contribution >= 4 is 16.7 Å². The number of hydrogen-bond donors (Lipinski definition) is 2. The van der Waals surface area contributed by atoms with Crippen LogP contribution in [-0.4, -0.2) is 40.6 Å². The minimum absolute atomic E-state index is 0.0764. The van der Waals surface area contributed by atoms with Gasteiger partial charge in [0.25, 0.3) is 0 Å². The van der Waals surface area contributed by atoms with Crippen LogP contribution >= 0.6 is 0 Å². The van der Waals surface area contributed by atoms with Crippen molar-refractivity contribution in [3.63, 3.8) is 0 Å². The molecule has 1 unspecified atom stereocenters. The summed E-state index contributed by atoms with van der Waals surface area (Å²) in [5, 5.41) is 24.7. The first-order chi connectivity index (χ1) is 14.7. The summed E-state index contributed by atoms with van der Waals surface area (Å²) in [6.45, 7) is 2.95. The number of likely N-dealkylation sites (tertiary alicyclic amines) is 1. The normalized spacial score (nSPS) is 16.2. The highest BCUT2D eigenvalue weighted by Gasteiger charge is 2.26. The molecule has 1 atom stereocenters. The molecule has 30 heavy (non-hydrogen) atoms. The van der Waals surface area contributed by atoms with Gasteiger partial charge in [-0.15, -0.1) is 0 Å². The van der Waals surface area contributed by atoms with E-state index in [2.05, 4.69) is 10.1 Å². The molecule has 3 aromatic rings. The van der Waals surface area contributed by atoms with Crippen molar-refractivity contribution in [3.8, 4) is 5.75 Å². The molecule has 1 aliphatic rings. The molecule has 2 heterocycles. The zero-order chi connectivity index (χ0) is 20.9. The maximum atomic E-state index is 12.9. The quantitative estimate of drug-likeness (QED) is 0.264. The third kappa shape index (κ3) is 4.24. The molecule has 1 fully saturated rings. The molecule has 4 rings (SSSR count). The van der Waals surface area contributed by atoms with E-state index in [1.807, 2.05) is 30.3 Å². The molecule has 2 aromatic carbocycles. The molecular formula is C24H26N2O4. The molecule has 2 N–H and O–H groups in total. The summed E-state index contributed by atoms with van der Waals surface area (Å²) in [6.07, 6.45) is 3.33. The molecule has 0 spiro atoms. The Labute approximate surface area is 175 Å². The topological polar surface area (TPSA) is 86.3 Å². The van der Waals surface area contributed by atoms with E-state index in [1.54, 1.807) is 24.3 Å². The van der Waals surface area contributed by atoms with Crippen molar-refractivity contribution in [2.75, 3.05) is 19.6 Å². The largest absolute Gasteiger partial charge is 0.507 e. The van der Waals surface area contributed by atoms with Gasteiger partial charge in [-0.05, 0) is 43.6 Å². The van der Waals surface area contributed by atoms with Crippen LogP contribution in [0.15, 0.2) is 69.0 Å². The minimum atomic E-state index is -0.572. The monoisotopic (exact) mass is 406 g/mol. The summed E-state index contributed by atoms with van der Waals surface area (Å²) in [5.41, 5.74) is 1.43. The SMILES string of the molecule is O=c1oc2ccccc2c(O)c1C(C/C(CCN1CCCC1)=N\O)c1ccccc1. The van der Waals surface area contributed by atoms with Gasteiger partial charge in [-0.2, -0.15) is 0 Å². The van der Waals surface area contributed by atoms with Gasteiger partial charge < -0.3 is 19.6 Å². The highest BCUT2D eigenvalue weighted by atomic mass is 16.4. The zero-order valence-electron chi connectivity index (χ0n) is 16.8. The van der Waals surface area contributed by atoms with Gasteiger partial charge in [0.05, 0.1) is 16.7 Å². The van der Waals surface area contributed by atoms with E-state index < -0.39 is 11.5 Å². The number of para-hydroxylation sites is 1. The third-order valence-electron chi connectivity index (χ3n) is 5.87. The molecule has 1 aliphatic heterocycles. The summed E-state index contributed by atoms with van der Waals surface area (Å²) < 4.78 is 5.51. The minimum Gasteiger partial charge on any atom is -0.507 e. The second kappa shape index (κ2) is 9.13. The van der Waals surface area contributed by atoms with Gasteiger partial charge in [-0.3, -0.25) is 0 Å². The van der Waals surface area contributed by atoms with Crippen LogP contribution in [0, 0.1) is 0 Å². The lowest BCUT2D eigenvalue weighted by Gasteiger charge is -2.20. The van der Waals surface area contributed by atoms with E-state index in [4.69, 9.17) is 4.42 Å². The average Bonchev–Trinajstić information content (AvgIpc) is 3.29. The number of benzene rings is 2. The van der Waals surface area contributed by atoms with Gasteiger partial charge in [-0.25, -0.2) is 4.79 Å². The lowest BCUT2D eigenvalue weighted by atomic mass is 9.86. The van der Waals surface area contributed by atoms with Crippen LogP contribution in [0.1, 0.15) is 42.7 Å². The van der Waals surface area contributed by atoms with Crippen molar-refractivity contribution in [2.24, 2.45) is 5.16 Å². The Balaban J connectivity index is 1.70. The Bertz CT molecular complexity index is 1090. The maximum absolute atomic E-state index is 12.9. The zero-order valence-corrected chi connectivity index (χ0v) is 16.8. The first-order valence-electron chi connectivity index (χ1n) is 10.4. The molecular weight excluding hydrogens is 380 g/mol. The Morgan fingerprint density at radius 3 is 2.50 bits per heavy atom. The first kappa shape index (κ1) is 20.2. The summed E-state index contributed by atoms with van der Waals surface area (Å²) in [4.78, 5) is 15.2. The molecule has 1 saturated heterocycles. The Morgan fingerprint density at radius 2 is 1.77 bits per heavy atom. The fraction of sp³-hybridized carbons (Fsp3) is 0.333. The molecule has 0 amide bonds. The summed E-state index contributed by atoms with van der Waals surface area (Å²) >= 11 is 0. The predicted molar refractivity (Wildman–Crippen MR) is 117 cm³/mol. The number of hydrogen-bond acceptors (Lipinski definition) is 6. The van der Waals surface area contributed by atoms with E-state index in [0.29, 0.717) is 29.5 Å². The van der Waals surface area contributed by atoms with E-state index in [1.165, 1.54) is 12.8 Å². The fourth-order valence-corrected chi connectivity index (χ4v) is 4.25. The second-order valence-electron chi connectivity index (χ2n) is 7.78. The van der Waals surface area contributed by atoms with Crippen molar-refractivity contribution < 1.29 is 14.7 Å². The number of rotatable bonds is 7. The summed E-state index contributed by atoms with van der Waals surface area (Å²) in [7, 11) is 0. The van der Waals surface area contributed by atoms with Crippen molar-refractivity contribution in [1.82, 2.24) is 4.90 Å². The van der Waals surface area contributed by atoms with Crippen molar-refractivity contribution in [3.05, 3.63) is 76.1 Å². The molecule has 0 saturated carbocycles. The Kier molecular flexibility index (Phi) is 6.14. The Hall–Kier alpha value is -3.12. The molecule has 1 aromatic heterocycles. The van der Waals surface area contributed by atoms with Gasteiger partial charge >= 0.3 is 5.63 Å². The van der Waals surface area contributed by atoms with E-state index in [0.717, 1.165) is 25.2 Å². The second-order valence-corrected chi connectivity index (χ2v) is 7.78. The average molecular weight is 406 g/mol. The lowest BCUT2D eigenvalue weighted by Crippen LogP contribution is -2.24. The predicted octanol–water partition coefficient (Wildman–Crippen LogP) is 4.34. The van der Waals surface area contributed by atoms with Crippen molar-refractivity contribution in [1.29, 1.82) is 0 Å². The lowest BCUT2D eigenvalue weighted by molar-refractivity contribution is 0.310. The number of aromatic hydroxyl groups is 1. The highest BCUT2D eigenvalue weighted by Crippen LogP contribution is 2.36. The highest BCUT2D eigenvalue weighted by molar-refractivity contribution is 5.87. The standard InChI is InChI=1S/C24H26N2O4/c27-23-19-10-4-5-11-21(19)30-24(28)22(23)20(17-8-2-1-3-9-17)16-18(25-29)12-15-26-13-6-7-14-26/h1-5,8-11,20,27,29H,6-7,12-16H2/b25-18-. The molecule has 0 radical (unpaired) electrons. The van der Waals surface area contributed by atoms with Crippen LogP contribution < -0.4 is 5.63 Å². The van der Waals surface area contributed by atoms with Crippen LogP contribution in [0.3, 0.4) is 0 Å².